The Balaban J connectivity index is 1.42. The van der Waals surface area contributed by atoms with E-state index < -0.39 is 5.82 Å². The predicted molar refractivity (Wildman–Crippen MR) is 72.9 cm³/mol. The lowest BCUT2D eigenvalue weighted by Gasteiger charge is -2.35. The van der Waals surface area contributed by atoms with Crippen LogP contribution in [0.3, 0.4) is 0 Å². The van der Waals surface area contributed by atoms with Crippen molar-refractivity contribution in [2.24, 2.45) is 0 Å². The smallest absolute Gasteiger partial charge is 0.183 e. The minimum absolute atomic E-state index is 0.0349. The van der Waals surface area contributed by atoms with Crippen LogP contribution in [0, 0.1) is 5.82 Å². The van der Waals surface area contributed by atoms with E-state index in [1.807, 2.05) is 30.3 Å². The fourth-order valence-electron chi connectivity index (χ4n) is 2.18. The maximum absolute atomic E-state index is 13.4. The molecular formula is C16H16FNO2. The van der Waals surface area contributed by atoms with Gasteiger partial charge in [0.25, 0.3) is 0 Å². The maximum atomic E-state index is 13.4. The van der Waals surface area contributed by atoms with Crippen molar-refractivity contribution < 1.29 is 13.9 Å². The fourth-order valence-corrected chi connectivity index (χ4v) is 2.18. The summed E-state index contributed by atoms with van der Waals surface area (Å²) in [4.78, 5) is 3.69. The summed E-state index contributed by atoms with van der Waals surface area (Å²) in [7, 11) is 0. The van der Waals surface area contributed by atoms with E-state index >= 15 is 0 Å². The number of pyridine rings is 1. The summed E-state index contributed by atoms with van der Waals surface area (Å²) in [5.41, 5.74) is 1.16. The first kappa shape index (κ1) is 13.1. The minimum Gasteiger partial charge on any atom is -0.487 e. The molecule has 1 aliphatic rings. The van der Waals surface area contributed by atoms with E-state index in [1.54, 1.807) is 6.07 Å². The Morgan fingerprint density at radius 2 is 1.90 bits per heavy atom. The van der Waals surface area contributed by atoms with Crippen LogP contribution in [0.5, 0.6) is 5.75 Å². The third-order valence-corrected chi connectivity index (χ3v) is 3.41. The molecule has 1 aliphatic carbocycles. The number of aromatic nitrogens is 1. The molecule has 0 aliphatic heterocycles. The van der Waals surface area contributed by atoms with Crippen molar-refractivity contribution in [1.29, 1.82) is 0 Å². The second-order valence-corrected chi connectivity index (χ2v) is 4.94. The lowest BCUT2D eigenvalue weighted by Crippen LogP contribution is -2.39. The molecule has 1 aromatic carbocycles. The molecule has 1 saturated carbocycles. The molecular weight excluding hydrogens is 257 g/mol. The first-order valence-corrected chi connectivity index (χ1v) is 6.73. The standard InChI is InChI=1S/C16H16FNO2/c17-15-10-18-7-6-16(15)20-14-8-13(9-14)19-11-12-4-2-1-3-5-12/h1-7,10,13-14H,8-9,11H2. The largest absolute Gasteiger partial charge is 0.487 e. The van der Waals surface area contributed by atoms with E-state index in [4.69, 9.17) is 9.47 Å². The molecule has 2 aromatic rings. The molecule has 104 valence electrons. The summed E-state index contributed by atoms with van der Waals surface area (Å²) in [5, 5.41) is 0. The number of benzene rings is 1. The molecule has 4 heteroatoms. The zero-order valence-corrected chi connectivity index (χ0v) is 11.0. The van der Waals surface area contributed by atoms with Crippen molar-refractivity contribution >= 4 is 0 Å². The molecule has 1 fully saturated rings. The average Bonchev–Trinajstić information content (AvgIpc) is 2.44. The summed E-state index contributed by atoms with van der Waals surface area (Å²) in [6, 6.07) is 11.6. The summed E-state index contributed by atoms with van der Waals surface area (Å²) in [5.74, 6) is -0.146. The van der Waals surface area contributed by atoms with Crippen LogP contribution in [-0.2, 0) is 11.3 Å². The monoisotopic (exact) mass is 273 g/mol. The molecule has 0 saturated heterocycles. The molecule has 20 heavy (non-hydrogen) atoms. The van der Waals surface area contributed by atoms with Crippen LogP contribution in [0.15, 0.2) is 48.8 Å². The number of nitrogens with zero attached hydrogens (tertiary/aromatic N) is 1. The first-order valence-electron chi connectivity index (χ1n) is 6.73. The maximum Gasteiger partial charge on any atom is 0.183 e. The van der Waals surface area contributed by atoms with E-state index in [1.165, 1.54) is 6.20 Å². The number of ether oxygens (including phenoxy) is 2. The van der Waals surface area contributed by atoms with Gasteiger partial charge in [-0.2, -0.15) is 0 Å². The molecule has 0 spiro atoms. The van der Waals surface area contributed by atoms with Crippen molar-refractivity contribution in [1.82, 2.24) is 4.98 Å². The predicted octanol–water partition coefficient (Wildman–Crippen LogP) is 3.35. The molecule has 0 N–H and O–H groups in total. The van der Waals surface area contributed by atoms with E-state index in [0.717, 1.165) is 24.6 Å². The molecule has 0 unspecified atom stereocenters. The summed E-state index contributed by atoms with van der Waals surface area (Å²) >= 11 is 0. The number of hydrogen-bond acceptors (Lipinski definition) is 3. The summed E-state index contributed by atoms with van der Waals surface area (Å²) in [6.07, 6.45) is 4.53. The second kappa shape index (κ2) is 6.01. The Bertz CT molecular complexity index is 555. The van der Waals surface area contributed by atoms with Gasteiger partial charge in [-0.25, -0.2) is 4.39 Å². The first-order chi connectivity index (χ1) is 9.81. The Kier molecular flexibility index (Phi) is 3.92. The van der Waals surface area contributed by atoms with Gasteiger partial charge < -0.3 is 9.47 Å². The van der Waals surface area contributed by atoms with Gasteiger partial charge in [-0.3, -0.25) is 4.98 Å². The Morgan fingerprint density at radius 3 is 2.65 bits per heavy atom. The van der Waals surface area contributed by atoms with Gasteiger partial charge in [0.1, 0.15) is 6.10 Å². The highest BCUT2D eigenvalue weighted by Crippen LogP contribution is 2.29. The van der Waals surface area contributed by atoms with Crippen LogP contribution in [-0.4, -0.2) is 17.2 Å². The van der Waals surface area contributed by atoms with Gasteiger partial charge >= 0.3 is 0 Å². The van der Waals surface area contributed by atoms with Crippen LogP contribution < -0.4 is 4.74 Å². The highest BCUT2D eigenvalue weighted by Gasteiger charge is 2.32. The van der Waals surface area contributed by atoms with E-state index in [-0.39, 0.29) is 18.0 Å². The molecule has 0 bridgehead atoms. The van der Waals surface area contributed by atoms with Crippen molar-refractivity contribution in [2.75, 3.05) is 0 Å². The van der Waals surface area contributed by atoms with Gasteiger partial charge in [0.05, 0.1) is 18.9 Å². The summed E-state index contributed by atoms with van der Waals surface area (Å²) in [6.45, 7) is 0.613. The van der Waals surface area contributed by atoms with Crippen LogP contribution in [0.25, 0.3) is 0 Å². The molecule has 0 atom stereocenters. The molecule has 3 nitrogen and oxygen atoms in total. The van der Waals surface area contributed by atoms with Crippen molar-refractivity contribution in [3.63, 3.8) is 0 Å². The Labute approximate surface area is 117 Å². The van der Waals surface area contributed by atoms with E-state index in [9.17, 15) is 4.39 Å². The van der Waals surface area contributed by atoms with Gasteiger partial charge in [0.15, 0.2) is 11.6 Å². The van der Waals surface area contributed by atoms with Crippen LogP contribution in [0.1, 0.15) is 18.4 Å². The van der Waals surface area contributed by atoms with Gasteiger partial charge in [-0.05, 0) is 5.56 Å². The Hall–Kier alpha value is -1.94. The van der Waals surface area contributed by atoms with Crippen LogP contribution in [0.4, 0.5) is 4.39 Å². The molecule has 1 heterocycles. The lowest BCUT2D eigenvalue weighted by molar-refractivity contribution is -0.0692. The molecule has 1 aromatic heterocycles. The topological polar surface area (TPSA) is 31.4 Å². The van der Waals surface area contributed by atoms with Crippen molar-refractivity contribution in [3.8, 4) is 5.75 Å². The van der Waals surface area contributed by atoms with Gasteiger partial charge in [0, 0.05) is 25.1 Å². The molecule has 0 radical (unpaired) electrons. The second-order valence-electron chi connectivity index (χ2n) is 4.94. The van der Waals surface area contributed by atoms with Crippen LogP contribution >= 0.6 is 0 Å². The highest BCUT2D eigenvalue weighted by molar-refractivity contribution is 5.20. The normalized spacial score (nSPS) is 21.2. The van der Waals surface area contributed by atoms with Gasteiger partial charge in [0.2, 0.25) is 0 Å². The van der Waals surface area contributed by atoms with Gasteiger partial charge in [-0.15, -0.1) is 0 Å². The number of halogens is 1. The SMILES string of the molecule is Fc1cnccc1OC1CC(OCc2ccccc2)C1. The quantitative estimate of drug-likeness (QED) is 0.837. The third kappa shape index (κ3) is 3.14. The summed E-state index contributed by atoms with van der Waals surface area (Å²) < 4.78 is 24.7. The molecule has 3 rings (SSSR count). The third-order valence-electron chi connectivity index (χ3n) is 3.41. The molecule has 0 amide bonds. The van der Waals surface area contributed by atoms with Crippen molar-refractivity contribution in [2.45, 2.75) is 31.7 Å². The Morgan fingerprint density at radius 1 is 1.10 bits per heavy atom. The van der Waals surface area contributed by atoms with E-state index in [0.29, 0.717) is 6.61 Å². The van der Waals surface area contributed by atoms with E-state index in [2.05, 4.69) is 4.98 Å². The number of rotatable bonds is 5. The zero-order chi connectivity index (χ0) is 13.8. The fraction of sp³-hybridized carbons (Fsp3) is 0.312. The van der Waals surface area contributed by atoms with Crippen LogP contribution in [0.2, 0.25) is 0 Å². The zero-order valence-electron chi connectivity index (χ0n) is 11.0. The average molecular weight is 273 g/mol. The van der Waals surface area contributed by atoms with Crippen molar-refractivity contribution in [3.05, 3.63) is 60.2 Å². The lowest BCUT2D eigenvalue weighted by atomic mass is 9.92. The minimum atomic E-state index is -0.416. The highest BCUT2D eigenvalue weighted by atomic mass is 19.1. The number of hydrogen-bond donors (Lipinski definition) is 0. The van der Waals surface area contributed by atoms with Gasteiger partial charge in [-0.1, -0.05) is 30.3 Å².